The summed E-state index contributed by atoms with van der Waals surface area (Å²) in [6.07, 6.45) is 2.22. The zero-order chi connectivity index (χ0) is 22.9. The van der Waals surface area contributed by atoms with Gasteiger partial charge in [-0.05, 0) is 74.4 Å². The van der Waals surface area contributed by atoms with Gasteiger partial charge in [-0.3, -0.25) is 0 Å². The lowest BCUT2D eigenvalue weighted by Gasteiger charge is -2.33. The molecule has 0 fully saturated rings. The number of hydrogen-bond acceptors (Lipinski definition) is 4. The number of fused-ring (bicyclic) bond motifs is 1. The Bertz CT molecular complexity index is 1170. The largest absolute Gasteiger partial charge is 0.497 e. The van der Waals surface area contributed by atoms with Gasteiger partial charge in [-0.2, -0.15) is 0 Å². The number of rotatable bonds is 6. The van der Waals surface area contributed by atoms with Gasteiger partial charge in [0.25, 0.3) is 0 Å². The highest BCUT2D eigenvalue weighted by molar-refractivity contribution is 5.88. The van der Waals surface area contributed by atoms with Crippen LogP contribution in [-0.4, -0.2) is 19.8 Å². The summed E-state index contributed by atoms with van der Waals surface area (Å²) >= 11 is 0. The third kappa shape index (κ3) is 4.28. The molecule has 0 saturated heterocycles. The van der Waals surface area contributed by atoms with Gasteiger partial charge in [0.05, 0.1) is 19.8 Å². The second kappa shape index (κ2) is 8.58. The number of allylic oxidation sites excluding steroid dienone is 1. The molecule has 3 aromatic rings. The molecule has 1 N–H and O–H groups in total. The Morgan fingerprint density at radius 1 is 0.875 bits per heavy atom. The van der Waals surface area contributed by atoms with Gasteiger partial charge in [0.2, 0.25) is 0 Å². The molecule has 0 aliphatic carbocycles. The summed E-state index contributed by atoms with van der Waals surface area (Å²) in [5, 5.41) is 3.60. The van der Waals surface area contributed by atoms with Crippen molar-refractivity contribution in [1.29, 1.82) is 0 Å². The molecular formula is C27H28FNO3. The summed E-state index contributed by atoms with van der Waals surface area (Å²) < 4.78 is 30.8. The lowest BCUT2D eigenvalue weighted by atomic mass is 9.85. The second-order valence-electron chi connectivity index (χ2n) is 8.50. The van der Waals surface area contributed by atoms with Crippen molar-refractivity contribution in [1.82, 2.24) is 0 Å². The van der Waals surface area contributed by atoms with Crippen molar-refractivity contribution in [3.8, 4) is 28.4 Å². The Kier molecular flexibility index (Phi) is 5.83. The molecule has 1 heterocycles. The van der Waals surface area contributed by atoms with Gasteiger partial charge in [0.15, 0.2) is 0 Å². The SMILES string of the molecule is COc1ccc(OCc2c(-c3ccc(F)cc3OC)ccc3c2C(C)=CC(C)(C)N3)cc1. The van der Waals surface area contributed by atoms with Gasteiger partial charge in [0, 0.05) is 28.4 Å². The Balaban J connectivity index is 1.82. The van der Waals surface area contributed by atoms with Crippen LogP contribution < -0.4 is 19.5 Å². The van der Waals surface area contributed by atoms with Crippen molar-refractivity contribution in [2.24, 2.45) is 0 Å². The molecule has 0 bridgehead atoms. The van der Waals surface area contributed by atoms with E-state index in [-0.39, 0.29) is 11.4 Å². The van der Waals surface area contributed by atoms with Crippen LogP contribution in [0.2, 0.25) is 0 Å². The highest BCUT2D eigenvalue weighted by atomic mass is 19.1. The van der Waals surface area contributed by atoms with Crippen LogP contribution in [0, 0.1) is 5.82 Å². The van der Waals surface area contributed by atoms with Crippen LogP contribution >= 0.6 is 0 Å². The van der Waals surface area contributed by atoms with Crippen LogP contribution in [0.3, 0.4) is 0 Å². The van der Waals surface area contributed by atoms with Crippen molar-refractivity contribution in [2.45, 2.75) is 32.9 Å². The van der Waals surface area contributed by atoms with Gasteiger partial charge in [-0.25, -0.2) is 4.39 Å². The Hall–Kier alpha value is -3.47. The molecule has 4 nitrogen and oxygen atoms in total. The third-order valence-corrected chi connectivity index (χ3v) is 5.64. The van der Waals surface area contributed by atoms with E-state index in [0.717, 1.165) is 39.4 Å². The first-order valence-corrected chi connectivity index (χ1v) is 10.6. The van der Waals surface area contributed by atoms with E-state index in [4.69, 9.17) is 14.2 Å². The minimum atomic E-state index is -0.334. The van der Waals surface area contributed by atoms with Crippen LogP contribution in [0.25, 0.3) is 16.7 Å². The molecule has 166 valence electrons. The van der Waals surface area contributed by atoms with Crippen molar-refractivity contribution in [3.05, 3.63) is 77.6 Å². The van der Waals surface area contributed by atoms with Crippen molar-refractivity contribution in [2.75, 3.05) is 19.5 Å². The first-order valence-electron chi connectivity index (χ1n) is 10.6. The predicted molar refractivity (Wildman–Crippen MR) is 127 cm³/mol. The normalized spacial score (nSPS) is 14.1. The molecule has 4 rings (SSSR count). The number of methoxy groups -OCH3 is 2. The standard InChI is InChI=1S/C27H28FNO3/c1-17-15-27(2,3)29-24-13-12-21(22-11-6-18(28)14-25(22)31-5)23(26(17)24)16-32-20-9-7-19(30-4)8-10-20/h6-15,29H,16H2,1-5H3. The summed E-state index contributed by atoms with van der Waals surface area (Å²) in [4.78, 5) is 0. The maximum atomic E-state index is 13.9. The molecule has 0 atom stereocenters. The molecular weight excluding hydrogens is 405 g/mol. The molecule has 0 unspecified atom stereocenters. The van der Waals surface area contributed by atoms with Crippen LogP contribution in [0.5, 0.6) is 17.2 Å². The number of halogens is 1. The topological polar surface area (TPSA) is 39.7 Å². The zero-order valence-corrected chi connectivity index (χ0v) is 19.1. The predicted octanol–water partition coefficient (Wildman–Crippen LogP) is 6.70. The van der Waals surface area contributed by atoms with E-state index >= 15 is 0 Å². The van der Waals surface area contributed by atoms with Crippen LogP contribution in [0.15, 0.2) is 60.7 Å². The highest BCUT2D eigenvalue weighted by Crippen LogP contribution is 2.42. The molecule has 0 radical (unpaired) electrons. The summed E-state index contributed by atoms with van der Waals surface area (Å²) in [7, 11) is 3.19. The first kappa shape index (κ1) is 21.8. The molecule has 1 aliphatic rings. The van der Waals surface area contributed by atoms with Gasteiger partial charge in [-0.1, -0.05) is 12.1 Å². The van der Waals surface area contributed by atoms with E-state index in [1.807, 2.05) is 30.3 Å². The number of anilines is 1. The van der Waals surface area contributed by atoms with Crippen molar-refractivity contribution < 1.29 is 18.6 Å². The van der Waals surface area contributed by atoms with Gasteiger partial charge in [0.1, 0.15) is 29.7 Å². The highest BCUT2D eigenvalue weighted by Gasteiger charge is 2.27. The zero-order valence-electron chi connectivity index (χ0n) is 19.1. The van der Waals surface area contributed by atoms with Gasteiger partial charge in [-0.15, -0.1) is 0 Å². The fourth-order valence-corrected chi connectivity index (χ4v) is 4.32. The van der Waals surface area contributed by atoms with E-state index in [0.29, 0.717) is 12.4 Å². The Labute approximate surface area is 188 Å². The van der Waals surface area contributed by atoms with E-state index in [1.54, 1.807) is 20.3 Å². The van der Waals surface area contributed by atoms with Crippen molar-refractivity contribution in [3.63, 3.8) is 0 Å². The molecule has 5 heteroatoms. The molecule has 0 saturated carbocycles. The number of ether oxygens (including phenoxy) is 3. The molecule has 32 heavy (non-hydrogen) atoms. The Morgan fingerprint density at radius 2 is 1.56 bits per heavy atom. The third-order valence-electron chi connectivity index (χ3n) is 5.64. The lowest BCUT2D eigenvalue weighted by molar-refractivity contribution is 0.305. The minimum Gasteiger partial charge on any atom is -0.497 e. The molecule has 0 spiro atoms. The lowest BCUT2D eigenvalue weighted by Crippen LogP contribution is -2.32. The molecule has 1 aliphatic heterocycles. The molecule has 3 aromatic carbocycles. The number of nitrogens with one attached hydrogen (secondary N) is 1. The van der Waals surface area contributed by atoms with E-state index in [1.165, 1.54) is 17.7 Å². The maximum absolute atomic E-state index is 13.9. The summed E-state index contributed by atoms with van der Waals surface area (Å²) in [6, 6.07) is 16.2. The Morgan fingerprint density at radius 3 is 2.25 bits per heavy atom. The average molecular weight is 434 g/mol. The summed E-state index contributed by atoms with van der Waals surface area (Å²) in [5.74, 6) is 1.67. The average Bonchev–Trinajstić information content (AvgIpc) is 2.77. The van der Waals surface area contributed by atoms with Crippen LogP contribution in [-0.2, 0) is 6.61 Å². The maximum Gasteiger partial charge on any atom is 0.129 e. The van der Waals surface area contributed by atoms with Gasteiger partial charge < -0.3 is 19.5 Å². The quantitative estimate of drug-likeness (QED) is 0.470. The summed E-state index contributed by atoms with van der Waals surface area (Å²) in [6.45, 7) is 6.75. The second-order valence-corrected chi connectivity index (χ2v) is 8.50. The number of hydrogen-bond donors (Lipinski definition) is 1. The monoisotopic (exact) mass is 433 g/mol. The number of benzene rings is 3. The fourth-order valence-electron chi connectivity index (χ4n) is 4.32. The van der Waals surface area contributed by atoms with Gasteiger partial charge >= 0.3 is 0 Å². The van der Waals surface area contributed by atoms with Crippen molar-refractivity contribution >= 4 is 11.3 Å². The van der Waals surface area contributed by atoms with Crippen LogP contribution in [0.4, 0.5) is 10.1 Å². The van der Waals surface area contributed by atoms with E-state index in [9.17, 15) is 4.39 Å². The molecule has 0 amide bonds. The fraction of sp³-hybridized carbons (Fsp3) is 0.259. The van der Waals surface area contributed by atoms with E-state index in [2.05, 4.69) is 38.2 Å². The summed E-state index contributed by atoms with van der Waals surface area (Å²) in [5.41, 5.74) is 5.95. The van der Waals surface area contributed by atoms with E-state index < -0.39 is 0 Å². The smallest absolute Gasteiger partial charge is 0.129 e. The first-order chi connectivity index (χ1) is 15.3. The minimum absolute atomic E-state index is 0.153. The van der Waals surface area contributed by atoms with Crippen LogP contribution in [0.1, 0.15) is 31.9 Å². The molecule has 0 aromatic heterocycles.